The average molecular weight is 244 g/mol. The third-order valence-electron chi connectivity index (χ3n) is 4.15. The van der Waals surface area contributed by atoms with E-state index in [0.717, 1.165) is 18.7 Å². The van der Waals surface area contributed by atoms with Crippen molar-refractivity contribution in [2.75, 3.05) is 13.1 Å². The minimum Gasteiger partial charge on any atom is -0.339 e. The molecule has 1 aromatic carbocycles. The largest absolute Gasteiger partial charge is 0.339 e. The van der Waals surface area contributed by atoms with Gasteiger partial charge in [0.2, 0.25) is 5.91 Å². The Kier molecular flexibility index (Phi) is 2.67. The fourth-order valence-corrected chi connectivity index (χ4v) is 2.87. The summed E-state index contributed by atoms with van der Waals surface area (Å²) in [4.78, 5) is 14.0. The Morgan fingerprint density at radius 3 is 2.78 bits per heavy atom. The fourth-order valence-electron chi connectivity index (χ4n) is 2.87. The minimum absolute atomic E-state index is 0.0672. The third kappa shape index (κ3) is 2.15. The first kappa shape index (κ1) is 11.7. The van der Waals surface area contributed by atoms with Crippen LogP contribution in [0.4, 0.5) is 0 Å². The van der Waals surface area contributed by atoms with Crippen LogP contribution in [0.15, 0.2) is 24.3 Å². The lowest BCUT2D eigenvalue weighted by Gasteiger charge is -2.48. The second kappa shape index (κ2) is 4.09. The topological polar surface area (TPSA) is 46.3 Å². The standard InChI is InChI=1S/C15H20N2O/c1-11-3-2-4-12(7-11)8-14(18)17-9-15(16,10-17)13-5-6-13/h2-4,7,13H,5-6,8-10,16H2,1H3. The van der Waals surface area contributed by atoms with Gasteiger partial charge in [0.25, 0.3) is 0 Å². The molecule has 2 N–H and O–H groups in total. The monoisotopic (exact) mass is 244 g/mol. The average Bonchev–Trinajstić information content (AvgIpc) is 3.08. The first-order valence-electron chi connectivity index (χ1n) is 6.69. The van der Waals surface area contributed by atoms with Crippen LogP contribution >= 0.6 is 0 Å². The van der Waals surface area contributed by atoms with Crippen LogP contribution in [0, 0.1) is 12.8 Å². The van der Waals surface area contributed by atoms with Gasteiger partial charge in [-0.15, -0.1) is 0 Å². The van der Waals surface area contributed by atoms with E-state index in [2.05, 4.69) is 19.1 Å². The van der Waals surface area contributed by atoms with E-state index < -0.39 is 0 Å². The molecule has 3 nitrogen and oxygen atoms in total. The van der Waals surface area contributed by atoms with Crippen molar-refractivity contribution in [2.24, 2.45) is 11.7 Å². The van der Waals surface area contributed by atoms with Gasteiger partial charge in [0.05, 0.1) is 12.0 Å². The fraction of sp³-hybridized carbons (Fsp3) is 0.533. The normalized spacial score (nSPS) is 21.6. The van der Waals surface area contributed by atoms with Crippen LogP contribution in [-0.2, 0) is 11.2 Å². The SMILES string of the molecule is Cc1cccc(CC(=O)N2CC(N)(C3CC3)C2)c1. The zero-order valence-electron chi connectivity index (χ0n) is 10.9. The Morgan fingerprint density at radius 1 is 1.44 bits per heavy atom. The lowest BCUT2D eigenvalue weighted by Crippen LogP contribution is -2.70. The summed E-state index contributed by atoms with van der Waals surface area (Å²) in [5.41, 5.74) is 8.49. The molecule has 1 heterocycles. The molecule has 1 aliphatic carbocycles. The minimum atomic E-state index is -0.0672. The van der Waals surface area contributed by atoms with Crippen molar-refractivity contribution >= 4 is 5.91 Å². The molecule has 0 spiro atoms. The molecule has 18 heavy (non-hydrogen) atoms. The van der Waals surface area contributed by atoms with Crippen molar-refractivity contribution in [1.82, 2.24) is 4.90 Å². The van der Waals surface area contributed by atoms with Crippen LogP contribution in [-0.4, -0.2) is 29.4 Å². The zero-order chi connectivity index (χ0) is 12.8. The molecule has 1 aliphatic heterocycles. The van der Waals surface area contributed by atoms with Crippen LogP contribution in [0.2, 0.25) is 0 Å². The predicted octanol–water partition coefficient (Wildman–Crippen LogP) is 1.49. The van der Waals surface area contributed by atoms with Crippen molar-refractivity contribution in [3.05, 3.63) is 35.4 Å². The first-order valence-corrected chi connectivity index (χ1v) is 6.69. The molecular formula is C15H20N2O. The van der Waals surface area contributed by atoms with Crippen LogP contribution in [0.5, 0.6) is 0 Å². The van der Waals surface area contributed by atoms with Gasteiger partial charge in [-0.3, -0.25) is 4.79 Å². The molecule has 2 aliphatic rings. The molecule has 0 aromatic heterocycles. The van der Waals surface area contributed by atoms with Crippen molar-refractivity contribution in [3.8, 4) is 0 Å². The van der Waals surface area contributed by atoms with E-state index in [9.17, 15) is 4.79 Å². The number of hydrogen-bond acceptors (Lipinski definition) is 2. The molecule has 1 amide bonds. The van der Waals surface area contributed by atoms with E-state index in [0.29, 0.717) is 12.3 Å². The number of nitrogens with two attached hydrogens (primary N) is 1. The van der Waals surface area contributed by atoms with Crippen molar-refractivity contribution in [2.45, 2.75) is 31.7 Å². The molecule has 3 rings (SSSR count). The predicted molar refractivity (Wildman–Crippen MR) is 71.1 cm³/mol. The lowest BCUT2D eigenvalue weighted by atomic mass is 9.85. The molecule has 0 radical (unpaired) electrons. The maximum Gasteiger partial charge on any atom is 0.227 e. The molecule has 0 atom stereocenters. The van der Waals surface area contributed by atoms with Crippen LogP contribution in [0.3, 0.4) is 0 Å². The smallest absolute Gasteiger partial charge is 0.227 e. The summed E-state index contributed by atoms with van der Waals surface area (Å²) in [6.07, 6.45) is 3.00. The number of rotatable bonds is 3. The number of amides is 1. The van der Waals surface area contributed by atoms with Gasteiger partial charge in [0.1, 0.15) is 0 Å². The van der Waals surface area contributed by atoms with Gasteiger partial charge in [0, 0.05) is 13.1 Å². The number of aryl methyl sites for hydroxylation is 1. The Balaban J connectivity index is 1.57. The molecule has 2 fully saturated rings. The van der Waals surface area contributed by atoms with Gasteiger partial charge in [-0.25, -0.2) is 0 Å². The summed E-state index contributed by atoms with van der Waals surface area (Å²) in [7, 11) is 0. The highest BCUT2D eigenvalue weighted by Crippen LogP contribution is 2.42. The van der Waals surface area contributed by atoms with Gasteiger partial charge in [0.15, 0.2) is 0 Å². The van der Waals surface area contributed by atoms with Crippen LogP contribution in [0.1, 0.15) is 24.0 Å². The lowest BCUT2D eigenvalue weighted by molar-refractivity contribution is -0.138. The van der Waals surface area contributed by atoms with E-state index >= 15 is 0 Å². The quantitative estimate of drug-likeness (QED) is 0.875. The number of nitrogens with zero attached hydrogens (tertiary/aromatic N) is 1. The Labute approximate surface area is 108 Å². The van der Waals surface area contributed by atoms with Crippen LogP contribution < -0.4 is 5.73 Å². The summed E-state index contributed by atoms with van der Waals surface area (Å²) >= 11 is 0. The van der Waals surface area contributed by atoms with Gasteiger partial charge in [-0.2, -0.15) is 0 Å². The summed E-state index contributed by atoms with van der Waals surface area (Å²) in [5, 5.41) is 0. The van der Waals surface area contributed by atoms with Gasteiger partial charge < -0.3 is 10.6 Å². The Morgan fingerprint density at radius 2 is 2.17 bits per heavy atom. The second-order valence-corrected chi connectivity index (χ2v) is 5.92. The Bertz CT molecular complexity index is 473. The van der Waals surface area contributed by atoms with E-state index in [1.54, 1.807) is 0 Å². The van der Waals surface area contributed by atoms with Crippen LogP contribution in [0.25, 0.3) is 0 Å². The van der Waals surface area contributed by atoms with Gasteiger partial charge in [-0.05, 0) is 31.2 Å². The number of carbonyl (C=O) groups is 1. The Hall–Kier alpha value is -1.35. The van der Waals surface area contributed by atoms with E-state index in [1.807, 2.05) is 17.0 Å². The molecule has 0 unspecified atom stereocenters. The highest BCUT2D eigenvalue weighted by Gasteiger charge is 2.51. The van der Waals surface area contributed by atoms with E-state index in [1.165, 1.54) is 18.4 Å². The number of hydrogen-bond donors (Lipinski definition) is 1. The van der Waals surface area contributed by atoms with Gasteiger partial charge in [-0.1, -0.05) is 29.8 Å². The molecule has 1 aromatic rings. The zero-order valence-corrected chi connectivity index (χ0v) is 10.9. The van der Waals surface area contributed by atoms with Crippen molar-refractivity contribution < 1.29 is 4.79 Å². The number of likely N-dealkylation sites (tertiary alicyclic amines) is 1. The first-order chi connectivity index (χ1) is 8.57. The molecule has 96 valence electrons. The van der Waals surface area contributed by atoms with Gasteiger partial charge >= 0.3 is 0 Å². The molecule has 1 saturated carbocycles. The highest BCUT2D eigenvalue weighted by atomic mass is 16.2. The summed E-state index contributed by atoms with van der Waals surface area (Å²) in [5.74, 6) is 0.878. The van der Waals surface area contributed by atoms with Crippen molar-refractivity contribution in [1.29, 1.82) is 0 Å². The molecular weight excluding hydrogens is 224 g/mol. The number of benzene rings is 1. The molecule has 0 bridgehead atoms. The molecule has 3 heteroatoms. The summed E-state index contributed by atoms with van der Waals surface area (Å²) < 4.78 is 0. The number of carbonyl (C=O) groups excluding carboxylic acids is 1. The van der Waals surface area contributed by atoms with E-state index in [-0.39, 0.29) is 11.4 Å². The highest BCUT2D eigenvalue weighted by molar-refractivity contribution is 5.80. The van der Waals surface area contributed by atoms with Crippen molar-refractivity contribution in [3.63, 3.8) is 0 Å². The van der Waals surface area contributed by atoms with E-state index in [4.69, 9.17) is 5.73 Å². The second-order valence-electron chi connectivity index (χ2n) is 5.92. The third-order valence-corrected chi connectivity index (χ3v) is 4.15. The summed E-state index contributed by atoms with van der Waals surface area (Å²) in [6, 6.07) is 8.15. The maximum atomic E-state index is 12.1. The molecule has 1 saturated heterocycles. The maximum absolute atomic E-state index is 12.1. The summed E-state index contributed by atoms with van der Waals surface area (Å²) in [6.45, 7) is 3.56.